The van der Waals surface area contributed by atoms with Crippen LogP contribution in [-0.4, -0.2) is 36.2 Å². The average Bonchev–Trinajstić information content (AvgIpc) is 2.49. The predicted molar refractivity (Wildman–Crippen MR) is 102 cm³/mol. The Bertz CT molecular complexity index is 517. The maximum atomic E-state index is 10.3. The number of phenols is 1. The summed E-state index contributed by atoms with van der Waals surface area (Å²) in [4.78, 5) is 2.52. The van der Waals surface area contributed by atoms with Crippen molar-refractivity contribution in [3.05, 3.63) is 25.0 Å². The van der Waals surface area contributed by atoms with E-state index in [0.717, 1.165) is 47.1 Å². The smallest absolute Gasteiger partial charge is 0.144 e. The standard InChI is InChI=1S/C16H23Br3N2O/c1-10(2)3-4-13(21-7-5-20-6-8-21)14-11(17)9-12(18)16(22)15(14)19/h9-10,13,20,22H,3-8H2,1-2H3/t13-/m1/s1. The van der Waals surface area contributed by atoms with Gasteiger partial charge in [-0.2, -0.15) is 0 Å². The van der Waals surface area contributed by atoms with E-state index in [2.05, 4.69) is 71.9 Å². The summed E-state index contributed by atoms with van der Waals surface area (Å²) in [6.45, 7) is 8.65. The number of hydrogen-bond acceptors (Lipinski definition) is 3. The molecule has 6 heteroatoms. The number of benzene rings is 1. The Morgan fingerprint density at radius 3 is 2.36 bits per heavy atom. The van der Waals surface area contributed by atoms with Crippen LogP contribution in [0.25, 0.3) is 0 Å². The lowest BCUT2D eigenvalue weighted by Crippen LogP contribution is -2.45. The third-order valence-corrected chi connectivity index (χ3v) is 6.19. The van der Waals surface area contributed by atoms with Crippen molar-refractivity contribution in [2.75, 3.05) is 26.2 Å². The van der Waals surface area contributed by atoms with Gasteiger partial charge in [-0.15, -0.1) is 0 Å². The van der Waals surface area contributed by atoms with E-state index < -0.39 is 0 Å². The van der Waals surface area contributed by atoms with Crippen LogP contribution in [-0.2, 0) is 0 Å². The topological polar surface area (TPSA) is 35.5 Å². The summed E-state index contributed by atoms with van der Waals surface area (Å²) in [5.74, 6) is 0.954. The molecule has 0 bridgehead atoms. The largest absolute Gasteiger partial charge is 0.506 e. The molecule has 0 unspecified atom stereocenters. The Kier molecular flexibility index (Phi) is 7.20. The van der Waals surface area contributed by atoms with E-state index in [1.165, 1.54) is 6.42 Å². The van der Waals surface area contributed by atoms with Crippen LogP contribution in [0.1, 0.15) is 38.3 Å². The van der Waals surface area contributed by atoms with Crippen molar-refractivity contribution in [3.63, 3.8) is 0 Å². The Balaban J connectivity index is 2.37. The zero-order valence-electron chi connectivity index (χ0n) is 13.0. The van der Waals surface area contributed by atoms with Gasteiger partial charge in [-0.05, 0) is 56.7 Å². The maximum Gasteiger partial charge on any atom is 0.144 e. The number of nitrogens with zero attached hydrogens (tertiary/aromatic N) is 1. The molecule has 1 aromatic rings. The van der Waals surface area contributed by atoms with Crippen molar-refractivity contribution in [2.45, 2.75) is 32.7 Å². The highest BCUT2D eigenvalue weighted by atomic mass is 79.9. The van der Waals surface area contributed by atoms with Gasteiger partial charge in [-0.3, -0.25) is 4.90 Å². The summed E-state index contributed by atoms with van der Waals surface area (Å²) >= 11 is 10.7. The first-order valence-electron chi connectivity index (χ1n) is 7.73. The fraction of sp³-hybridized carbons (Fsp3) is 0.625. The molecule has 1 aliphatic heterocycles. The molecule has 1 fully saturated rings. The number of piperazine rings is 1. The first kappa shape index (κ1) is 18.7. The minimum Gasteiger partial charge on any atom is -0.506 e. The molecular weight excluding hydrogens is 476 g/mol. The second kappa shape index (κ2) is 8.47. The van der Waals surface area contributed by atoms with Gasteiger partial charge < -0.3 is 10.4 Å². The molecule has 22 heavy (non-hydrogen) atoms. The Morgan fingerprint density at radius 2 is 1.77 bits per heavy atom. The molecular formula is C16H23Br3N2O. The molecule has 0 amide bonds. The van der Waals surface area contributed by atoms with E-state index in [-0.39, 0.29) is 5.75 Å². The van der Waals surface area contributed by atoms with Gasteiger partial charge in [-0.25, -0.2) is 0 Å². The number of rotatable bonds is 5. The normalized spacial score (nSPS) is 17.9. The van der Waals surface area contributed by atoms with Gasteiger partial charge in [0.2, 0.25) is 0 Å². The second-order valence-corrected chi connectivity index (χ2v) is 8.69. The van der Waals surface area contributed by atoms with Crippen LogP contribution < -0.4 is 5.32 Å². The summed E-state index contributed by atoms with van der Waals surface area (Å²) in [5, 5.41) is 13.7. The van der Waals surface area contributed by atoms with Gasteiger partial charge in [0, 0.05) is 42.3 Å². The van der Waals surface area contributed by atoms with Crippen molar-refractivity contribution in [1.29, 1.82) is 0 Å². The lowest BCUT2D eigenvalue weighted by atomic mass is 9.95. The van der Waals surface area contributed by atoms with Crippen LogP contribution in [0.4, 0.5) is 0 Å². The van der Waals surface area contributed by atoms with E-state index in [1.54, 1.807) is 0 Å². The van der Waals surface area contributed by atoms with Gasteiger partial charge in [0.1, 0.15) is 5.75 Å². The van der Waals surface area contributed by atoms with Crippen molar-refractivity contribution in [3.8, 4) is 5.75 Å². The third-order valence-electron chi connectivity index (χ3n) is 4.12. The number of phenolic OH excluding ortho intramolecular Hbond substituents is 1. The van der Waals surface area contributed by atoms with Crippen LogP contribution in [0.5, 0.6) is 5.75 Å². The summed E-state index contributed by atoms with van der Waals surface area (Å²) in [5.41, 5.74) is 1.16. The fourth-order valence-corrected chi connectivity index (χ4v) is 5.54. The molecule has 124 valence electrons. The van der Waals surface area contributed by atoms with E-state index >= 15 is 0 Å². The molecule has 1 heterocycles. The van der Waals surface area contributed by atoms with Crippen molar-refractivity contribution >= 4 is 47.8 Å². The van der Waals surface area contributed by atoms with Gasteiger partial charge in [0.25, 0.3) is 0 Å². The molecule has 2 N–H and O–H groups in total. The highest BCUT2D eigenvalue weighted by Crippen LogP contribution is 2.45. The van der Waals surface area contributed by atoms with Crippen molar-refractivity contribution < 1.29 is 5.11 Å². The SMILES string of the molecule is CC(C)CC[C@H](c1c(Br)cc(Br)c(O)c1Br)N1CCNCC1. The zero-order chi connectivity index (χ0) is 16.3. The van der Waals surface area contributed by atoms with E-state index in [4.69, 9.17) is 0 Å². The van der Waals surface area contributed by atoms with Gasteiger partial charge in [-0.1, -0.05) is 29.8 Å². The van der Waals surface area contributed by atoms with E-state index in [1.807, 2.05) is 6.07 Å². The van der Waals surface area contributed by atoms with Crippen LogP contribution in [0.2, 0.25) is 0 Å². The maximum absolute atomic E-state index is 10.3. The lowest BCUT2D eigenvalue weighted by Gasteiger charge is -2.36. The van der Waals surface area contributed by atoms with Gasteiger partial charge >= 0.3 is 0 Å². The molecule has 1 aliphatic rings. The minimum atomic E-state index is 0.280. The molecule has 0 radical (unpaired) electrons. The van der Waals surface area contributed by atoms with Crippen LogP contribution in [0.3, 0.4) is 0 Å². The van der Waals surface area contributed by atoms with Gasteiger partial charge in [0.15, 0.2) is 0 Å². The summed E-state index contributed by atoms with van der Waals surface area (Å²) < 4.78 is 2.54. The Labute approximate surface area is 158 Å². The average molecular weight is 499 g/mol. The highest BCUT2D eigenvalue weighted by Gasteiger charge is 2.27. The van der Waals surface area contributed by atoms with Crippen molar-refractivity contribution in [1.82, 2.24) is 10.2 Å². The highest BCUT2D eigenvalue weighted by molar-refractivity contribution is 9.11. The number of hydrogen-bond donors (Lipinski definition) is 2. The summed E-state index contributed by atoms with van der Waals surface area (Å²) in [7, 11) is 0. The Morgan fingerprint density at radius 1 is 1.14 bits per heavy atom. The van der Waals surface area contributed by atoms with Crippen molar-refractivity contribution in [2.24, 2.45) is 5.92 Å². The molecule has 0 spiro atoms. The molecule has 2 rings (SSSR count). The number of halogens is 3. The van der Waals surface area contributed by atoms with E-state index in [0.29, 0.717) is 16.4 Å². The number of nitrogens with one attached hydrogen (secondary N) is 1. The predicted octanol–water partition coefficient (Wildman–Crippen LogP) is 5.06. The van der Waals surface area contributed by atoms with Crippen LogP contribution in [0.15, 0.2) is 19.5 Å². The minimum absolute atomic E-state index is 0.280. The first-order valence-corrected chi connectivity index (χ1v) is 10.1. The molecule has 0 aliphatic carbocycles. The van der Waals surface area contributed by atoms with Crippen LogP contribution >= 0.6 is 47.8 Å². The molecule has 0 aromatic heterocycles. The second-order valence-electron chi connectivity index (χ2n) is 6.19. The van der Waals surface area contributed by atoms with Crippen LogP contribution in [0, 0.1) is 5.92 Å². The third kappa shape index (κ3) is 4.47. The fourth-order valence-electron chi connectivity index (χ4n) is 2.89. The first-order chi connectivity index (χ1) is 10.4. The zero-order valence-corrected chi connectivity index (χ0v) is 17.8. The van der Waals surface area contributed by atoms with Gasteiger partial charge in [0.05, 0.1) is 8.95 Å². The summed E-state index contributed by atoms with van der Waals surface area (Å²) in [6, 6.07) is 2.26. The monoisotopic (exact) mass is 496 g/mol. The number of aromatic hydroxyl groups is 1. The summed E-state index contributed by atoms with van der Waals surface area (Å²) in [6.07, 6.45) is 2.26. The Hall–Kier alpha value is 0.380. The van der Waals surface area contributed by atoms with E-state index in [9.17, 15) is 5.11 Å². The molecule has 1 aromatic carbocycles. The molecule has 1 atom stereocenters. The molecule has 3 nitrogen and oxygen atoms in total. The lowest BCUT2D eigenvalue weighted by molar-refractivity contribution is 0.158. The quantitative estimate of drug-likeness (QED) is 0.595. The molecule has 0 saturated carbocycles. The molecule has 1 saturated heterocycles.